The van der Waals surface area contributed by atoms with Crippen LogP contribution < -0.4 is 5.73 Å². The highest BCUT2D eigenvalue weighted by molar-refractivity contribution is 5.81. The topological polar surface area (TPSA) is 76.2 Å². The third kappa shape index (κ3) is 2.15. The molecule has 0 atom stereocenters. The molecule has 0 saturated heterocycles. The molecule has 1 fully saturated rings. The fourth-order valence-electron chi connectivity index (χ4n) is 2.42. The Morgan fingerprint density at radius 3 is 2.59 bits per heavy atom. The first-order valence-corrected chi connectivity index (χ1v) is 5.65. The summed E-state index contributed by atoms with van der Waals surface area (Å²) in [7, 11) is 0. The number of aromatic nitrogens is 1. The van der Waals surface area contributed by atoms with Crippen molar-refractivity contribution >= 4 is 5.97 Å². The molecule has 0 bridgehead atoms. The second-order valence-electron chi connectivity index (χ2n) is 4.59. The van der Waals surface area contributed by atoms with Crippen LogP contribution in [-0.4, -0.2) is 22.1 Å². The summed E-state index contributed by atoms with van der Waals surface area (Å²) in [5, 5.41) is 9.44. The van der Waals surface area contributed by atoms with Gasteiger partial charge < -0.3 is 10.8 Å². The molecule has 4 nitrogen and oxygen atoms in total. The maximum atomic E-state index is 12.8. The summed E-state index contributed by atoms with van der Waals surface area (Å²) in [4.78, 5) is 15.0. The molecule has 2 rings (SSSR count). The van der Waals surface area contributed by atoms with E-state index >= 15 is 0 Å². The third-order valence-corrected chi connectivity index (χ3v) is 3.57. The molecule has 3 N–H and O–H groups in total. The first-order chi connectivity index (χ1) is 8.04. The van der Waals surface area contributed by atoms with Gasteiger partial charge in [-0.3, -0.25) is 4.79 Å². The van der Waals surface area contributed by atoms with Crippen molar-refractivity contribution in [3.63, 3.8) is 0 Å². The lowest BCUT2D eigenvalue weighted by molar-refractivity contribution is -0.145. The van der Waals surface area contributed by atoms with Crippen molar-refractivity contribution in [2.24, 2.45) is 5.73 Å². The van der Waals surface area contributed by atoms with Gasteiger partial charge >= 0.3 is 5.97 Å². The highest BCUT2D eigenvalue weighted by Gasteiger charge is 2.43. The molecule has 1 heterocycles. The van der Waals surface area contributed by atoms with Crippen LogP contribution in [0.5, 0.6) is 0 Å². The summed E-state index contributed by atoms with van der Waals surface area (Å²) in [5.74, 6) is -1.47. The van der Waals surface area contributed by atoms with Gasteiger partial charge in [0.1, 0.15) is 0 Å². The van der Waals surface area contributed by atoms with E-state index in [1.807, 2.05) is 0 Å². The third-order valence-electron chi connectivity index (χ3n) is 3.57. The normalized spacial score (nSPS) is 28.9. The van der Waals surface area contributed by atoms with E-state index in [0.29, 0.717) is 31.2 Å². The molecule has 1 aliphatic rings. The zero-order valence-electron chi connectivity index (χ0n) is 9.40. The summed E-state index contributed by atoms with van der Waals surface area (Å²) in [6, 6.07) is 2.78. The first-order valence-electron chi connectivity index (χ1n) is 5.65. The summed E-state index contributed by atoms with van der Waals surface area (Å²) >= 11 is 0. The Morgan fingerprint density at radius 1 is 1.47 bits per heavy atom. The minimum Gasteiger partial charge on any atom is -0.481 e. The Kier molecular flexibility index (Phi) is 3.11. The van der Waals surface area contributed by atoms with E-state index in [0.717, 1.165) is 0 Å². The number of halogens is 1. The minimum atomic E-state index is -0.948. The van der Waals surface area contributed by atoms with Crippen molar-refractivity contribution in [1.29, 1.82) is 0 Å². The fourth-order valence-corrected chi connectivity index (χ4v) is 2.42. The summed E-state index contributed by atoms with van der Waals surface area (Å²) in [5.41, 5.74) is 5.41. The number of hydrogen-bond acceptors (Lipinski definition) is 3. The quantitative estimate of drug-likeness (QED) is 0.764. The smallest absolute Gasteiger partial charge is 0.314 e. The maximum Gasteiger partial charge on any atom is 0.314 e. The average molecular weight is 238 g/mol. The second-order valence-corrected chi connectivity index (χ2v) is 4.59. The van der Waals surface area contributed by atoms with E-state index in [-0.39, 0.29) is 6.04 Å². The monoisotopic (exact) mass is 238 g/mol. The number of aliphatic carboxylic acids is 1. The van der Waals surface area contributed by atoms with Gasteiger partial charge in [0.2, 0.25) is 5.95 Å². The van der Waals surface area contributed by atoms with Gasteiger partial charge in [-0.15, -0.1) is 0 Å². The molecule has 0 spiro atoms. The molecular weight excluding hydrogens is 223 g/mol. The van der Waals surface area contributed by atoms with Crippen LogP contribution in [0.3, 0.4) is 0 Å². The fraction of sp³-hybridized carbons (Fsp3) is 0.500. The second kappa shape index (κ2) is 4.41. The van der Waals surface area contributed by atoms with Gasteiger partial charge in [-0.2, -0.15) is 4.39 Å². The van der Waals surface area contributed by atoms with Gasteiger partial charge in [-0.25, -0.2) is 4.98 Å². The van der Waals surface area contributed by atoms with Gasteiger partial charge in [0.05, 0.1) is 5.41 Å². The molecular formula is C12H15FN2O2. The van der Waals surface area contributed by atoms with Crippen LogP contribution in [0.2, 0.25) is 0 Å². The van der Waals surface area contributed by atoms with Gasteiger partial charge in [0, 0.05) is 12.2 Å². The molecule has 17 heavy (non-hydrogen) atoms. The molecule has 1 saturated carbocycles. The highest BCUT2D eigenvalue weighted by Crippen LogP contribution is 2.39. The van der Waals surface area contributed by atoms with E-state index in [1.165, 1.54) is 18.3 Å². The Labute approximate surface area is 98.7 Å². The van der Waals surface area contributed by atoms with E-state index in [4.69, 9.17) is 5.73 Å². The molecule has 0 unspecified atom stereocenters. The van der Waals surface area contributed by atoms with Crippen molar-refractivity contribution in [2.45, 2.75) is 37.1 Å². The maximum absolute atomic E-state index is 12.8. The highest BCUT2D eigenvalue weighted by atomic mass is 19.1. The van der Waals surface area contributed by atoms with Crippen LogP contribution in [0, 0.1) is 5.95 Å². The number of nitrogens with zero attached hydrogens (tertiary/aromatic N) is 1. The van der Waals surface area contributed by atoms with Crippen LogP contribution in [0.25, 0.3) is 0 Å². The molecule has 0 radical (unpaired) electrons. The van der Waals surface area contributed by atoms with Crippen LogP contribution >= 0.6 is 0 Å². The number of hydrogen-bond donors (Lipinski definition) is 2. The minimum absolute atomic E-state index is 0.0656. The Balaban J connectivity index is 2.35. The van der Waals surface area contributed by atoms with Crippen molar-refractivity contribution in [1.82, 2.24) is 4.98 Å². The van der Waals surface area contributed by atoms with Crippen molar-refractivity contribution in [3.8, 4) is 0 Å². The van der Waals surface area contributed by atoms with Gasteiger partial charge in [-0.1, -0.05) is 6.07 Å². The predicted octanol–water partition coefficient (Wildman–Crippen LogP) is 1.44. The SMILES string of the molecule is NC1CCC(C(=O)O)(c2ccc(F)nc2)CC1. The van der Waals surface area contributed by atoms with Crippen LogP contribution in [0.15, 0.2) is 18.3 Å². The number of carbonyl (C=O) groups is 1. The number of carboxylic acids is 1. The molecule has 1 aromatic heterocycles. The van der Waals surface area contributed by atoms with Crippen LogP contribution in [0.4, 0.5) is 4.39 Å². The van der Waals surface area contributed by atoms with Gasteiger partial charge in [0.15, 0.2) is 0 Å². The van der Waals surface area contributed by atoms with Gasteiger partial charge in [0.25, 0.3) is 0 Å². The zero-order valence-corrected chi connectivity index (χ0v) is 9.40. The molecule has 1 aliphatic carbocycles. The molecule has 0 amide bonds. The predicted molar refractivity (Wildman–Crippen MR) is 60.0 cm³/mol. The number of carboxylic acid groups (broad SMARTS) is 1. The summed E-state index contributed by atoms with van der Waals surface area (Å²) in [6.07, 6.45) is 3.63. The van der Waals surface area contributed by atoms with E-state index < -0.39 is 17.3 Å². The number of pyridine rings is 1. The standard InChI is InChI=1S/C12H15FN2O2/c13-10-2-1-8(7-15-10)12(11(16)17)5-3-9(14)4-6-12/h1-2,7,9H,3-6,14H2,(H,16,17). The van der Waals surface area contributed by atoms with Crippen molar-refractivity contribution in [3.05, 3.63) is 29.8 Å². The lowest BCUT2D eigenvalue weighted by Gasteiger charge is -2.35. The molecule has 92 valence electrons. The van der Waals surface area contributed by atoms with Crippen molar-refractivity contribution in [2.75, 3.05) is 0 Å². The van der Waals surface area contributed by atoms with Gasteiger partial charge in [-0.05, 0) is 37.3 Å². The molecule has 5 heteroatoms. The Bertz CT molecular complexity index is 411. The Hall–Kier alpha value is -1.49. The lowest BCUT2D eigenvalue weighted by Crippen LogP contribution is -2.42. The van der Waals surface area contributed by atoms with E-state index in [2.05, 4.69) is 4.98 Å². The zero-order chi connectivity index (χ0) is 12.5. The van der Waals surface area contributed by atoms with Crippen molar-refractivity contribution < 1.29 is 14.3 Å². The van der Waals surface area contributed by atoms with Crippen LogP contribution in [0.1, 0.15) is 31.2 Å². The number of nitrogens with two attached hydrogens (primary N) is 1. The summed E-state index contributed by atoms with van der Waals surface area (Å²) < 4.78 is 12.8. The Morgan fingerprint density at radius 2 is 2.12 bits per heavy atom. The molecule has 0 aliphatic heterocycles. The van der Waals surface area contributed by atoms with Crippen LogP contribution in [-0.2, 0) is 10.2 Å². The van der Waals surface area contributed by atoms with E-state index in [1.54, 1.807) is 0 Å². The number of rotatable bonds is 2. The lowest BCUT2D eigenvalue weighted by atomic mass is 9.69. The first kappa shape index (κ1) is 12.0. The largest absolute Gasteiger partial charge is 0.481 e. The summed E-state index contributed by atoms with van der Waals surface area (Å²) in [6.45, 7) is 0. The molecule has 0 aromatic carbocycles. The van der Waals surface area contributed by atoms with E-state index in [9.17, 15) is 14.3 Å². The molecule has 1 aromatic rings. The average Bonchev–Trinajstić information content (AvgIpc) is 2.31.